The number of amides is 3. The Morgan fingerprint density at radius 1 is 1.04 bits per heavy atom. The molecule has 4 aliphatic rings. The van der Waals surface area contributed by atoms with Gasteiger partial charge < -0.3 is 34.8 Å². The maximum Gasteiger partial charge on any atom is 0.408 e. The highest BCUT2D eigenvalue weighted by atomic mass is 19.4. The van der Waals surface area contributed by atoms with E-state index in [0.717, 1.165) is 41.3 Å². The molecule has 3 amide bonds. The Hall–Kier alpha value is -3.74. The van der Waals surface area contributed by atoms with Crippen LogP contribution in [-0.2, 0) is 9.47 Å². The molecular weight excluding hydrogens is 601 g/mol. The lowest BCUT2D eigenvalue weighted by atomic mass is 10.00. The molecule has 250 valence electrons. The van der Waals surface area contributed by atoms with Gasteiger partial charge in [0.25, 0.3) is 0 Å². The number of carbonyl (C=O) groups excluding carboxylic acids is 2. The number of fused-ring (bicyclic) bond motifs is 1. The van der Waals surface area contributed by atoms with Crippen molar-refractivity contribution in [2.24, 2.45) is 11.8 Å². The third-order valence-corrected chi connectivity index (χ3v) is 9.25. The number of benzene rings is 1. The monoisotopic (exact) mass is 644 g/mol. The zero-order valence-electron chi connectivity index (χ0n) is 26.9. The number of urea groups is 1. The fraction of sp³-hybridized carbons (Fsp3) is 0.606. The lowest BCUT2D eigenvalue weighted by Crippen LogP contribution is -2.44. The number of ether oxygens (including phenoxy) is 2. The number of carbonyl (C=O) groups is 2. The number of pyridine rings is 1. The summed E-state index contributed by atoms with van der Waals surface area (Å²) < 4.78 is 49.8. The van der Waals surface area contributed by atoms with Crippen molar-refractivity contribution in [1.82, 2.24) is 15.2 Å². The summed E-state index contributed by atoms with van der Waals surface area (Å²) in [7, 11) is 0. The van der Waals surface area contributed by atoms with E-state index in [4.69, 9.17) is 14.5 Å². The maximum absolute atomic E-state index is 13.0. The first-order chi connectivity index (χ1) is 21.7. The SMILES string of the molecule is Cc1ccc(NC(=O)N2CC[C@@H](CC(F)(F)F)C2)cc1-c1cc(N2CCOCC2)nc(N2CC3C[C@]3(NC(=O)OC(C)(C)C)C2)c1. The van der Waals surface area contributed by atoms with Crippen LogP contribution in [0.4, 0.5) is 40.1 Å². The minimum atomic E-state index is -4.24. The number of nitrogens with zero attached hydrogens (tertiary/aromatic N) is 4. The molecule has 2 N–H and O–H groups in total. The number of likely N-dealkylation sites (tertiary alicyclic amines) is 1. The minimum absolute atomic E-state index is 0.0851. The summed E-state index contributed by atoms with van der Waals surface area (Å²) in [4.78, 5) is 36.6. The molecule has 1 unspecified atom stereocenters. The number of hydrogen-bond acceptors (Lipinski definition) is 7. The standard InChI is InChI=1S/C33H43F3N6O4/c1-21-5-6-25(37-29(43)41-8-7-22(18-41)16-33(34,35)36)15-26(21)23-13-27(40-9-11-45-12-10-40)38-28(14-23)42-19-24-17-32(24,20-42)39-30(44)46-31(2,3)4/h5-6,13-15,22,24H,7-12,16-20H2,1-4H3,(H,37,43)(H,39,44)/t22-,24?,32-/m0/s1. The summed E-state index contributed by atoms with van der Waals surface area (Å²) in [5, 5.41) is 6.03. The predicted octanol–water partition coefficient (Wildman–Crippen LogP) is 5.80. The molecule has 3 saturated heterocycles. The van der Waals surface area contributed by atoms with Gasteiger partial charge in [-0.05, 0) is 87.4 Å². The van der Waals surface area contributed by atoms with Gasteiger partial charge in [-0.1, -0.05) is 6.07 Å². The summed E-state index contributed by atoms with van der Waals surface area (Å²) in [6, 6.07) is 9.35. The Balaban J connectivity index is 1.22. The van der Waals surface area contributed by atoms with Crippen molar-refractivity contribution in [2.45, 2.75) is 64.3 Å². The molecule has 0 radical (unpaired) electrons. The molecule has 3 atom stereocenters. The van der Waals surface area contributed by atoms with Gasteiger partial charge in [-0.25, -0.2) is 14.6 Å². The summed E-state index contributed by atoms with van der Waals surface area (Å²) >= 11 is 0. The third-order valence-electron chi connectivity index (χ3n) is 9.25. The number of alkyl carbamates (subject to hydrolysis) is 1. The van der Waals surface area contributed by atoms with Crippen molar-refractivity contribution in [1.29, 1.82) is 0 Å². The molecule has 0 bridgehead atoms. The fourth-order valence-electron chi connectivity index (χ4n) is 6.86. The van der Waals surface area contributed by atoms with Crippen LogP contribution in [0.3, 0.4) is 0 Å². The van der Waals surface area contributed by atoms with Gasteiger partial charge in [-0.3, -0.25) is 0 Å². The molecule has 4 fully saturated rings. The number of rotatable bonds is 6. The number of aryl methyl sites for hydroxylation is 1. The Morgan fingerprint density at radius 2 is 1.76 bits per heavy atom. The summed E-state index contributed by atoms with van der Waals surface area (Å²) in [5.74, 6) is 1.35. The van der Waals surface area contributed by atoms with Crippen molar-refractivity contribution < 1.29 is 32.2 Å². The first-order valence-corrected chi connectivity index (χ1v) is 16.0. The van der Waals surface area contributed by atoms with Crippen molar-refractivity contribution in [3.8, 4) is 11.1 Å². The van der Waals surface area contributed by atoms with E-state index in [0.29, 0.717) is 57.4 Å². The van der Waals surface area contributed by atoms with Gasteiger partial charge in [-0.2, -0.15) is 13.2 Å². The zero-order valence-corrected chi connectivity index (χ0v) is 26.9. The second-order valence-electron chi connectivity index (χ2n) is 14.1. The van der Waals surface area contributed by atoms with E-state index in [1.165, 1.54) is 4.90 Å². The topological polar surface area (TPSA) is 99.3 Å². The highest BCUT2D eigenvalue weighted by Gasteiger charge is 2.61. The van der Waals surface area contributed by atoms with Crippen LogP contribution >= 0.6 is 0 Å². The van der Waals surface area contributed by atoms with E-state index >= 15 is 0 Å². The molecule has 1 aromatic carbocycles. The van der Waals surface area contributed by atoms with Gasteiger partial charge in [-0.15, -0.1) is 0 Å². The average molecular weight is 645 g/mol. The van der Waals surface area contributed by atoms with Gasteiger partial charge >= 0.3 is 18.3 Å². The molecule has 2 aromatic rings. The number of hydrogen-bond donors (Lipinski definition) is 2. The van der Waals surface area contributed by atoms with Crippen molar-refractivity contribution in [2.75, 3.05) is 67.6 Å². The van der Waals surface area contributed by atoms with E-state index < -0.39 is 36.2 Å². The summed E-state index contributed by atoms with van der Waals surface area (Å²) in [5.41, 5.74) is 2.50. The van der Waals surface area contributed by atoms with Crippen LogP contribution < -0.4 is 20.4 Å². The summed E-state index contributed by atoms with van der Waals surface area (Å²) in [6.07, 6.45) is -4.30. The van der Waals surface area contributed by atoms with E-state index in [-0.39, 0.29) is 12.1 Å². The van der Waals surface area contributed by atoms with Crippen LogP contribution in [0, 0.1) is 18.8 Å². The van der Waals surface area contributed by atoms with Gasteiger partial charge in [0.2, 0.25) is 0 Å². The lowest BCUT2D eigenvalue weighted by Gasteiger charge is -2.30. The van der Waals surface area contributed by atoms with Crippen LogP contribution in [0.25, 0.3) is 11.1 Å². The predicted molar refractivity (Wildman–Crippen MR) is 169 cm³/mol. The molecular formula is C33H43F3N6O4. The molecule has 46 heavy (non-hydrogen) atoms. The average Bonchev–Trinajstić information content (AvgIpc) is 3.25. The molecule has 3 aliphatic heterocycles. The third kappa shape index (κ3) is 7.45. The second-order valence-corrected chi connectivity index (χ2v) is 14.1. The first kappa shape index (κ1) is 32.2. The van der Waals surface area contributed by atoms with Gasteiger partial charge in [0, 0.05) is 57.3 Å². The fourth-order valence-corrected chi connectivity index (χ4v) is 6.86. The van der Waals surface area contributed by atoms with Crippen molar-refractivity contribution in [3.63, 3.8) is 0 Å². The Kier molecular flexibility index (Phi) is 8.49. The highest BCUT2D eigenvalue weighted by molar-refractivity contribution is 5.91. The molecule has 10 nitrogen and oxygen atoms in total. The maximum atomic E-state index is 13.0. The van der Waals surface area contributed by atoms with Crippen LogP contribution in [-0.4, -0.2) is 91.8 Å². The summed E-state index contributed by atoms with van der Waals surface area (Å²) in [6.45, 7) is 11.9. The lowest BCUT2D eigenvalue weighted by molar-refractivity contribution is -0.143. The first-order valence-electron chi connectivity index (χ1n) is 16.0. The van der Waals surface area contributed by atoms with E-state index in [9.17, 15) is 22.8 Å². The molecule has 4 heterocycles. The number of piperidine rings is 1. The number of anilines is 3. The normalized spacial score (nSPS) is 24.5. The van der Waals surface area contributed by atoms with Crippen molar-refractivity contribution >= 4 is 29.4 Å². The van der Waals surface area contributed by atoms with E-state index in [2.05, 4.69) is 26.5 Å². The van der Waals surface area contributed by atoms with Crippen molar-refractivity contribution in [3.05, 3.63) is 35.9 Å². The smallest absolute Gasteiger partial charge is 0.408 e. The largest absolute Gasteiger partial charge is 0.444 e. The van der Waals surface area contributed by atoms with Crippen LogP contribution in [0.2, 0.25) is 0 Å². The molecule has 1 saturated carbocycles. The van der Waals surface area contributed by atoms with E-state index in [1.54, 1.807) is 0 Å². The number of aromatic nitrogens is 1. The van der Waals surface area contributed by atoms with Crippen LogP contribution in [0.5, 0.6) is 0 Å². The van der Waals surface area contributed by atoms with E-state index in [1.807, 2.05) is 52.0 Å². The number of nitrogens with one attached hydrogen (secondary N) is 2. The molecule has 1 aliphatic carbocycles. The van der Waals surface area contributed by atoms with Gasteiger partial charge in [0.05, 0.1) is 18.8 Å². The Morgan fingerprint density at radius 3 is 2.46 bits per heavy atom. The quantitative estimate of drug-likeness (QED) is 0.410. The number of halogens is 3. The van der Waals surface area contributed by atoms with Crippen LogP contribution in [0.1, 0.15) is 45.6 Å². The molecule has 6 rings (SSSR count). The Labute approximate surface area is 267 Å². The highest BCUT2D eigenvalue weighted by Crippen LogP contribution is 2.51. The molecule has 1 aromatic heterocycles. The Bertz CT molecular complexity index is 1470. The zero-order chi connectivity index (χ0) is 32.9. The number of morpholine rings is 1. The van der Waals surface area contributed by atoms with Crippen LogP contribution in [0.15, 0.2) is 30.3 Å². The molecule has 0 spiro atoms. The molecule has 13 heteroatoms. The number of alkyl halides is 3. The minimum Gasteiger partial charge on any atom is -0.444 e. The van der Waals surface area contributed by atoms with Gasteiger partial charge in [0.1, 0.15) is 17.2 Å². The van der Waals surface area contributed by atoms with Gasteiger partial charge in [0.15, 0.2) is 0 Å². The second kappa shape index (κ2) is 12.1.